The van der Waals surface area contributed by atoms with Crippen molar-refractivity contribution in [1.82, 2.24) is 5.32 Å². The molecule has 4 heteroatoms. The van der Waals surface area contributed by atoms with Crippen molar-refractivity contribution in [2.24, 2.45) is 0 Å². The lowest BCUT2D eigenvalue weighted by Crippen LogP contribution is -2.34. The van der Waals surface area contributed by atoms with Gasteiger partial charge in [-0.2, -0.15) is 5.26 Å². The summed E-state index contributed by atoms with van der Waals surface area (Å²) < 4.78 is 5.31. The largest absolute Gasteiger partial charge is 0.506 e. The van der Waals surface area contributed by atoms with Crippen molar-refractivity contribution >= 4 is 0 Å². The maximum absolute atomic E-state index is 9.82. The van der Waals surface area contributed by atoms with E-state index in [1.54, 1.807) is 12.1 Å². The third-order valence-electron chi connectivity index (χ3n) is 2.48. The number of benzene rings is 1. The highest BCUT2D eigenvalue weighted by atomic mass is 16.5. The minimum atomic E-state index is -0.0213. The third-order valence-corrected chi connectivity index (χ3v) is 2.48. The Hall–Kier alpha value is -1.57. The van der Waals surface area contributed by atoms with Gasteiger partial charge in [-0.25, -0.2) is 0 Å². The molecule has 0 radical (unpaired) electrons. The van der Waals surface area contributed by atoms with Crippen LogP contribution in [0.4, 0.5) is 0 Å². The van der Waals surface area contributed by atoms with Gasteiger partial charge in [0.05, 0.1) is 24.8 Å². The number of morpholine rings is 1. The van der Waals surface area contributed by atoms with Crippen LogP contribution in [0.15, 0.2) is 18.2 Å². The molecule has 78 valence electrons. The van der Waals surface area contributed by atoms with E-state index in [9.17, 15) is 5.11 Å². The SMILES string of the molecule is N#Cc1cccc([C@@H]2COCCN2)c1O. The van der Waals surface area contributed by atoms with Gasteiger partial charge in [0.25, 0.3) is 0 Å². The quantitative estimate of drug-likeness (QED) is 0.714. The number of nitrogens with one attached hydrogen (secondary N) is 1. The average molecular weight is 204 g/mol. The van der Waals surface area contributed by atoms with Gasteiger partial charge in [-0.05, 0) is 6.07 Å². The van der Waals surface area contributed by atoms with Crippen LogP contribution in [0.2, 0.25) is 0 Å². The van der Waals surface area contributed by atoms with Crippen molar-refractivity contribution in [3.63, 3.8) is 0 Å². The highest BCUT2D eigenvalue weighted by Gasteiger charge is 2.19. The molecule has 0 unspecified atom stereocenters. The molecule has 0 aromatic heterocycles. The molecular formula is C11H12N2O2. The van der Waals surface area contributed by atoms with Gasteiger partial charge in [0.2, 0.25) is 0 Å². The smallest absolute Gasteiger partial charge is 0.138 e. The molecule has 1 atom stereocenters. The molecule has 1 aromatic carbocycles. The Morgan fingerprint density at radius 2 is 2.40 bits per heavy atom. The molecule has 0 amide bonds. The lowest BCUT2D eigenvalue weighted by atomic mass is 10.0. The molecule has 1 aromatic rings. The minimum Gasteiger partial charge on any atom is -0.506 e. The summed E-state index contributed by atoms with van der Waals surface area (Å²) in [7, 11) is 0. The molecule has 1 saturated heterocycles. The summed E-state index contributed by atoms with van der Waals surface area (Å²) in [5, 5.41) is 21.8. The second-order valence-corrected chi connectivity index (χ2v) is 3.44. The molecule has 2 rings (SSSR count). The van der Waals surface area contributed by atoms with E-state index < -0.39 is 0 Å². The topological polar surface area (TPSA) is 65.3 Å². The molecule has 1 fully saturated rings. The van der Waals surface area contributed by atoms with Crippen LogP contribution in [-0.4, -0.2) is 24.9 Å². The van der Waals surface area contributed by atoms with Gasteiger partial charge in [0.15, 0.2) is 0 Å². The summed E-state index contributed by atoms with van der Waals surface area (Å²) >= 11 is 0. The standard InChI is InChI=1S/C11H12N2O2/c12-6-8-2-1-3-9(11(8)14)10-7-15-5-4-13-10/h1-3,10,13-14H,4-5,7H2/t10-/m0/s1. The predicted molar refractivity (Wildman–Crippen MR) is 54.4 cm³/mol. The molecule has 1 aliphatic heterocycles. The van der Waals surface area contributed by atoms with Crippen molar-refractivity contribution in [2.45, 2.75) is 6.04 Å². The lowest BCUT2D eigenvalue weighted by Gasteiger charge is -2.24. The summed E-state index contributed by atoms with van der Waals surface area (Å²) in [6, 6.07) is 7.11. The number of hydrogen-bond acceptors (Lipinski definition) is 4. The summed E-state index contributed by atoms with van der Waals surface area (Å²) in [4.78, 5) is 0. The first-order chi connectivity index (χ1) is 7.33. The van der Waals surface area contributed by atoms with Gasteiger partial charge in [0.1, 0.15) is 11.8 Å². The van der Waals surface area contributed by atoms with E-state index >= 15 is 0 Å². The van der Waals surface area contributed by atoms with Crippen LogP contribution in [-0.2, 0) is 4.74 Å². The Balaban J connectivity index is 2.31. The maximum atomic E-state index is 9.82. The molecule has 0 saturated carbocycles. The van der Waals surface area contributed by atoms with Gasteiger partial charge in [-0.15, -0.1) is 0 Å². The van der Waals surface area contributed by atoms with Crippen LogP contribution in [0, 0.1) is 11.3 Å². The Labute approximate surface area is 88.1 Å². The first kappa shape index (κ1) is 9.97. The van der Waals surface area contributed by atoms with Crippen molar-refractivity contribution in [3.8, 4) is 11.8 Å². The number of nitriles is 1. The zero-order valence-corrected chi connectivity index (χ0v) is 8.23. The van der Waals surface area contributed by atoms with Gasteiger partial charge in [0, 0.05) is 12.1 Å². The zero-order valence-electron chi connectivity index (χ0n) is 8.23. The molecule has 0 spiro atoms. The first-order valence-corrected chi connectivity index (χ1v) is 4.86. The number of ether oxygens (including phenoxy) is 1. The van der Waals surface area contributed by atoms with E-state index in [2.05, 4.69) is 5.32 Å². The fourth-order valence-corrected chi connectivity index (χ4v) is 1.70. The molecule has 0 bridgehead atoms. The number of phenolic OH excluding ortho intramolecular Hbond substituents is 1. The normalized spacial score (nSPS) is 20.9. The third kappa shape index (κ3) is 1.94. The molecule has 2 N–H and O–H groups in total. The van der Waals surface area contributed by atoms with E-state index in [0.717, 1.165) is 12.1 Å². The molecule has 0 aliphatic carbocycles. The number of hydrogen-bond donors (Lipinski definition) is 2. The van der Waals surface area contributed by atoms with Crippen molar-refractivity contribution in [3.05, 3.63) is 29.3 Å². The Kier molecular flexibility index (Phi) is 2.86. The molecule has 1 aliphatic rings. The number of phenols is 1. The Morgan fingerprint density at radius 3 is 3.07 bits per heavy atom. The van der Waals surface area contributed by atoms with E-state index in [-0.39, 0.29) is 11.8 Å². The van der Waals surface area contributed by atoms with E-state index in [1.165, 1.54) is 0 Å². The van der Waals surface area contributed by atoms with E-state index in [1.807, 2.05) is 12.1 Å². The summed E-state index contributed by atoms with van der Waals surface area (Å²) in [5.41, 5.74) is 1.04. The highest BCUT2D eigenvalue weighted by molar-refractivity contribution is 5.48. The lowest BCUT2D eigenvalue weighted by molar-refractivity contribution is 0.0761. The molecule has 4 nitrogen and oxygen atoms in total. The van der Waals surface area contributed by atoms with Gasteiger partial charge >= 0.3 is 0 Å². The number of para-hydroxylation sites is 1. The molecule has 1 heterocycles. The van der Waals surface area contributed by atoms with Gasteiger partial charge < -0.3 is 15.2 Å². The highest BCUT2D eigenvalue weighted by Crippen LogP contribution is 2.28. The fourth-order valence-electron chi connectivity index (χ4n) is 1.70. The maximum Gasteiger partial charge on any atom is 0.138 e. The van der Waals surface area contributed by atoms with Crippen LogP contribution >= 0.6 is 0 Å². The van der Waals surface area contributed by atoms with Crippen molar-refractivity contribution in [1.29, 1.82) is 5.26 Å². The summed E-state index contributed by atoms with van der Waals surface area (Å²) in [6.07, 6.45) is 0. The van der Waals surface area contributed by atoms with Gasteiger partial charge in [-0.1, -0.05) is 12.1 Å². The Bertz CT molecular complexity index is 392. The van der Waals surface area contributed by atoms with Crippen molar-refractivity contribution in [2.75, 3.05) is 19.8 Å². The van der Waals surface area contributed by atoms with Crippen LogP contribution in [0.1, 0.15) is 17.2 Å². The van der Waals surface area contributed by atoms with Crippen LogP contribution in [0.25, 0.3) is 0 Å². The fraction of sp³-hybridized carbons (Fsp3) is 0.364. The molecule has 15 heavy (non-hydrogen) atoms. The number of aromatic hydroxyl groups is 1. The van der Waals surface area contributed by atoms with Crippen LogP contribution in [0.5, 0.6) is 5.75 Å². The van der Waals surface area contributed by atoms with Gasteiger partial charge in [-0.3, -0.25) is 0 Å². The summed E-state index contributed by atoms with van der Waals surface area (Å²) in [6.45, 7) is 1.98. The van der Waals surface area contributed by atoms with Crippen LogP contribution < -0.4 is 5.32 Å². The van der Waals surface area contributed by atoms with E-state index in [4.69, 9.17) is 10.00 Å². The summed E-state index contributed by atoms with van der Waals surface area (Å²) in [5.74, 6) is 0.0583. The van der Waals surface area contributed by atoms with E-state index in [0.29, 0.717) is 18.8 Å². The number of rotatable bonds is 1. The predicted octanol–water partition coefficient (Wildman–Crippen LogP) is 0.925. The monoisotopic (exact) mass is 204 g/mol. The number of nitrogens with zero attached hydrogens (tertiary/aromatic N) is 1. The second-order valence-electron chi connectivity index (χ2n) is 3.44. The molecular weight excluding hydrogens is 192 g/mol. The second kappa shape index (κ2) is 4.30. The van der Waals surface area contributed by atoms with Crippen molar-refractivity contribution < 1.29 is 9.84 Å². The van der Waals surface area contributed by atoms with Crippen LogP contribution in [0.3, 0.4) is 0 Å². The average Bonchev–Trinajstić information content (AvgIpc) is 2.30. The zero-order chi connectivity index (χ0) is 10.7. The minimum absolute atomic E-state index is 0.0213. The first-order valence-electron chi connectivity index (χ1n) is 4.86. The Morgan fingerprint density at radius 1 is 1.53 bits per heavy atom.